The summed E-state index contributed by atoms with van der Waals surface area (Å²) in [6.07, 6.45) is 7.87. The van der Waals surface area contributed by atoms with Crippen molar-refractivity contribution in [1.82, 2.24) is 9.91 Å². The Morgan fingerprint density at radius 3 is 2.41 bits per heavy atom. The van der Waals surface area contributed by atoms with Crippen LogP contribution < -0.4 is 0 Å². The molecule has 3 aliphatic rings. The maximum atomic E-state index is 13.5. The van der Waals surface area contributed by atoms with Gasteiger partial charge in [0.25, 0.3) is 5.91 Å². The van der Waals surface area contributed by atoms with Gasteiger partial charge in [-0.15, -0.1) is 0 Å². The maximum absolute atomic E-state index is 13.5. The number of benzene rings is 2. The van der Waals surface area contributed by atoms with E-state index in [9.17, 15) is 4.79 Å². The fraction of sp³-hybridized carbons (Fsp3) is 0.429. The van der Waals surface area contributed by atoms with Crippen LogP contribution in [0.4, 0.5) is 0 Å². The maximum Gasteiger partial charge on any atom is 0.257 e. The monoisotopic (exact) mass is 427 g/mol. The largest absolute Gasteiger partial charge is 0.294 e. The van der Waals surface area contributed by atoms with E-state index in [1.165, 1.54) is 29.5 Å². The Bertz CT molecular complexity index is 990. The topological polar surface area (TPSA) is 35.9 Å². The van der Waals surface area contributed by atoms with Crippen LogP contribution in [0.25, 0.3) is 6.08 Å². The van der Waals surface area contributed by atoms with E-state index in [1.807, 2.05) is 17.1 Å². The van der Waals surface area contributed by atoms with E-state index in [0.29, 0.717) is 6.54 Å². The molecule has 4 nitrogen and oxygen atoms in total. The van der Waals surface area contributed by atoms with Crippen molar-refractivity contribution >= 4 is 17.7 Å². The lowest BCUT2D eigenvalue weighted by Crippen LogP contribution is -2.42. The molecule has 32 heavy (non-hydrogen) atoms. The fourth-order valence-corrected chi connectivity index (χ4v) is 5.42. The number of hydrogen-bond donors (Lipinski definition) is 0. The zero-order valence-electron chi connectivity index (χ0n) is 19.0. The second-order valence-electron chi connectivity index (χ2n) is 9.62. The molecule has 0 bridgehead atoms. The van der Waals surface area contributed by atoms with Gasteiger partial charge in [-0.2, -0.15) is 5.10 Å². The smallest absolute Gasteiger partial charge is 0.257 e. The van der Waals surface area contributed by atoms with Gasteiger partial charge in [-0.1, -0.05) is 67.6 Å². The van der Waals surface area contributed by atoms with Gasteiger partial charge < -0.3 is 0 Å². The third-order valence-electron chi connectivity index (χ3n) is 7.27. The number of fused-ring (bicyclic) bond motifs is 1. The normalized spacial score (nSPS) is 25.6. The molecule has 0 radical (unpaired) electrons. The van der Waals surface area contributed by atoms with Crippen molar-refractivity contribution in [3.63, 3.8) is 0 Å². The van der Waals surface area contributed by atoms with Crippen molar-refractivity contribution in [2.75, 3.05) is 19.6 Å². The number of hydrogen-bond acceptors (Lipinski definition) is 3. The molecule has 0 N–H and O–H groups in total. The van der Waals surface area contributed by atoms with Crippen LogP contribution in [-0.4, -0.2) is 41.2 Å². The average Bonchev–Trinajstić information content (AvgIpc) is 3.23. The van der Waals surface area contributed by atoms with Crippen LogP contribution in [0.1, 0.15) is 56.2 Å². The Hall–Kier alpha value is -2.72. The van der Waals surface area contributed by atoms with Gasteiger partial charge in [0, 0.05) is 5.92 Å². The van der Waals surface area contributed by atoms with Gasteiger partial charge in [0.15, 0.2) is 0 Å². The van der Waals surface area contributed by atoms with Crippen molar-refractivity contribution in [1.29, 1.82) is 0 Å². The molecule has 1 amide bonds. The van der Waals surface area contributed by atoms with Crippen molar-refractivity contribution in [3.05, 3.63) is 77.4 Å². The van der Waals surface area contributed by atoms with Crippen LogP contribution in [0.3, 0.4) is 0 Å². The molecule has 166 valence electrons. The summed E-state index contributed by atoms with van der Waals surface area (Å²) in [4.78, 5) is 15.9. The van der Waals surface area contributed by atoms with Crippen LogP contribution >= 0.6 is 0 Å². The Labute approximate surface area is 191 Å². The van der Waals surface area contributed by atoms with Crippen molar-refractivity contribution < 1.29 is 4.79 Å². The van der Waals surface area contributed by atoms with Crippen molar-refractivity contribution in [2.45, 2.75) is 45.1 Å². The Morgan fingerprint density at radius 1 is 1.00 bits per heavy atom. The second-order valence-corrected chi connectivity index (χ2v) is 9.62. The summed E-state index contributed by atoms with van der Waals surface area (Å²) in [7, 11) is 0. The van der Waals surface area contributed by atoms with Crippen LogP contribution in [0, 0.1) is 11.8 Å². The molecule has 1 saturated carbocycles. The highest BCUT2D eigenvalue weighted by Gasteiger charge is 2.43. The van der Waals surface area contributed by atoms with Gasteiger partial charge in [0.1, 0.15) is 0 Å². The molecule has 0 aromatic heterocycles. The predicted molar refractivity (Wildman–Crippen MR) is 130 cm³/mol. The number of allylic oxidation sites excluding steroid dienone is 1. The minimum Gasteiger partial charge on any atom is -0.294 e. The first-order chi connectivity index (χ1) is 15.7. The Balaban J connectivity index is 1.45. The molecule has 2 aliphatic heterocycles. The molecule has 0 spiro atoms. The number of nitrogens with zero attached hydrogens (tertiary/aromatic N) is 3. The van der Waals surface area contributed by atoms with Gasteiger partial charge in [-0.05, 0) is 73.9 Å². The number of hydrazone groups is 1. The van der Waals surface area contributed by atoms with Crippen LogP contribution in [0.15, 0.2) is 71.3 Å². The van der Waals surface area contributed by atoms with Gasteiger partial charge in [0.05, 0.1) is 18.3 Å². The molecular weight excluding hydrogens is 394 g/mol. The third kappa shape index (κ3) is 4.42. The average molecular weight is 428 g/mol. The molecule has 0 unspecified atom stereocenters. The molecule has 4 heteroatoms. The molecule has 1 saturated heterocycles. The summed E-state index contributed by atoms with van der Waals surface area (Å²) in [5.41, 5.74) is 4.80. The molecular formula is C28H33N3O. The Morgan fingerprint density at radius 2 is 1.69 bits per heavy atom. The van der Waals surface area contributed by atoms with E-state index in [2.05, 4.69) is 66.4 Å². The summed E-state index contributed by atoms with van der Waals surface area (Å²) in [6, 6.07) is 21.0. The van der Waals surface area contributed by atoms with Crippen LogP contribution in [0.5, 0.6) is 0 Å². The quantitative estimate of drug-likeness (QED) is 0.642. The lowest BCUT2D eigenvalue weighted by Gasteiger charge is -2.33. The number of likely N-dealkylation sites (tertiary alicyclic amines) is 1. The van der Waals surface area contributed by atoms with Gasteiger partial charge in [0.2, 0.25) is 0 Å². The first-order valence-corrected chi connectivity index (χ1v) is 12.1. The summed E-state index contributed by atoms with van der Waals surface area (Å²) >= 11 is 0. The molecule has 2 aromatic rings. The first kappa shape index (κ1) is 21.1. The molecule has 2 aromatic carbocycles. The van der Waals surface area contributed by atoms with Crippen molar-refractivity contribution in [3.8, 4) is 0 Å². The minimum atomic E-state index is 0.00175. The SMILES string of the molecule is CC1CCN(CC(=O)N2N=C3/C(=C/c4ccccc4)CCC[C@@H]3[C@@H]2c2ccccc2)CC1. The number of carbonyl (C=O) groups is 1. The predicted octanol–water partition coefficient (Wildman–Crippen LogP) is 5.54. The fourth-order valence-electron chi connectivity index (χ4n) is 5.42. The van der Waals surface area contributed by atoms with Gasteiger partial charge in [-0.3, -0.25) is 9.69 Å². The zero-order chi connectivity index (χ0) is 21.9. The zero-order valence-corrected chi connectivity index (χ0v) is 19.0. The van der Waals surface area contributed by atoms with Crippen LogP contribution in [0.2, 0.25) is 0 Å². The standard InChI is InChI=1S/C28H33N3O/c1-21-15-17-30(18-16-21)20-26(32)31-28(23-11-6-3-7-12-23)25-14-8-13-24(27(25)29-31)19-22-9-4-2-5-10-22/h2-7,9-12,19,21,25,28H,8,13-18,20H2,1H3/b24-19+/t25-,28-/m0/s1. The minimum absolute atomic E-state index is 0.00175. The Kier molecular flexibility index (Phi) is 6.22. The highest BCUT2D eigenvalue weighted by molar-refractivity contribution is 6.08. The lowest BCUT2D eigenvalue weighted by atomic mass is 9.77. The van der Waals surface area contributed by atoms with Crippen molar-refractivity contribution in [2.24, 2.45) is 16.9 Å². The second kappa shape index (κ2) is 9.41. The molecule has 1 aliphatic carbocycles. The van der Waals surface area contributed by atoms with E-state index < -0.39 is 0 Å². The molecule has 5 rings (SSSR count). The molecule has 2 heterocycles. The number of carbonyl (C=O) groups excluding carboxylic acids is 1. The van der Waals surface area contributed by atoms with E-state index in [4.69, 9.17) is 5.10 Å². The van der Waals surface area contributed by atoms with Gasteiger partial charge >= 0.3 is 0 Å². The number of amides is 1. The summed E-state index contributed by atoms with van der Waals surface area (Å²) in [5, 5.41) is 6.86. The third-order valence-corrected chi connectivity index (χ3v) is 7.27. The molecule has 2 atom stereocenters. The lowest BCUT2D eigenvalue weighted by molar-refractivity contribution is -0.135. The van der Waals surface area contributed by atoms with Crippen LogP contribution in [-0.2, 0) is 4.79 Å². The molecule has 2 fully saturated rings. The number of rotatable bonds is 4. The van der Waals surface area contributed by atoms with E-state index in [-0.39, 0.29) is 17.9 Å². The number of piperidine rings is 1. The highest BCUT2D eigenvalue weighted by Crippen LogP contribution is 2.44. The van der Waals surface area contributed by atoms with E-state index in [1.54, 1.807) is 0 Å². The summed E-state index contributed by atoms with van der Waals surface area (Å²) in [6.45, 7) is 4.80. The summed E-state index contributed by atoms with van der Waals surface area (Å²) in [5.74, 6) is 1.17. The van der Waals surface area contributed by atoms with E-state index in [0.717, 1.165) is 44.0 Å². The van der Waals surface area contributed by atoms with Gasteiger partial charge in [-0.25, -0.2) is 5.01 Å². The first-order valence-electron chi connectivity index (χ1n) is 12.1. The van der Waals surface area contributed by atoms with E-state index >= 15 is 0 Å². The summed E-state index contributed by atoms with van der Waals surface area (Å²) < 4.78 is 0. The highest BCUT2D eigenvalue weighted by atomic mass is 16.2.